The first-order chi connectivity index (χ1) is 12.1. The normalized spacial score (nSPS) is 15.4. The summed E-state index contributed by atoms with van der Waals surface area (Å²) >= 11 is 6.02. The van der Waals surface area contributed by atoms with Gasteiger partial charge in [-0.2, -0.15) is 4.31 Å². The second kappa shape index (κ2) is 6.90. The van der Waals surface area contributed by atoms with Crippen LogP contribution in [0.25, 0.3) is 0 Å². The summed E-state index contributed by atoms with van der Waals surface area (Å²) in [5.74, 6) is -0.600. The number of sulfonamides is 2. The van der Waals surface area contributed by atoms with Gasteiger partial charge in [-0.3, -0.25) is 0 Å². The monoisotopic (exact) mass is 418 g/mol. The lowest BCUT2D eigenvalue weighted by atomic mass is 10.2. The molecule has 0 bridgehead atoms. The van der Waals surface area contributed by atoms with Crippen molar-refractivity contribution in [3.63, 3.8) is 0 Å². The number of hydrogen-bond donors (Lipinski definition) is 1. The van der Waals surface area contributed by atoms with Crippen molar-refractivity contribution >= 4 is 31.6 Å². The van der Waals surface area contributed by atoms with E-state index in [0.717, 1.165) is 10.4 Å². The third kappa shape index (κ3) is 3.91. The lowest BCUT2D eigenvalue weighted by molar-refractivity contribution is 0.391. The van der Waals surface area contributed by atoms with Crippen LogP contribution in [-0.4, -0.2) is 27.2 Å². The molecule has 2 aromatic rings. The molecule has 2 N–H and O–H groups in total. The molecule has 0 heterocycles. The molecule has 1 aliphatic carbocycles. The number of nitrogens with zero attached hydrogens (tertiary/aromatic N) is 1. The lowest BCUT2D eigenvalue weighted by Crippen LogP contribution is -2.33. The molecule has 1 fully saturated rings. The van der Waals surface area contributed by atoms with Crippen LogP contribution in [0, 0.1) is 5.82 Å². The fraction of sp³-hybridized carbons (Fsp3) is 0.250. The van der Waals surface area contributed by atoms with E-state index in [2.05, 4.69) is 0 Å². The number of halogens is 2. The molecule has 0 amide bonds. The van der Waals surface area contributed by atoms with E-state index in [1.807, 2.05) is 0 Å². The molecule has 26 heavy (non-hydrogen) atoms. The average Bonchev–Trinajstić information content (AvgIpc) is 3.38. The highest BCUT2D eigenvalue weighted by Crippen LogP contribution is 2.35. The SMILES string of the molecule is NS(=O)(=O)c1cccc(S(=O)(=O)N(Cc2c(F)cccc2Cl)C2CC2)c1. The molecule has 0 aliphatic heterocycles. The van der Waals surface area contributed by atoms with E-state index in [1.54, 1.807) is 0 Å². The maximum atomic E-state index is 14.1. The number of nitrogens with two attached hydrogens (primary N) is 1. The highest BCUT2D eigenvalue weighted by Gasteiger charge is 2.39. The van der Waals surface area contributed by atoms with Crippen LogP contribution >= 0.6 is 11.6 Å². The highest BCUT2D eigenvalue weighted by molar-refractivity contribution is 7.90. The van der Waals surface area contributed by atoms with Crippen LogP contribution in [0.4, 0.5) is 4.39 Å². The minimum Gasteiger partial charge on any atom is -0.225 e. The summed E-state index contributed by atoms with van der Waals surface area (Å²) in [7, 11) is -8.12. The van der Waals surface area contributed by atoms with Gasteiger partial charge in [0.2, 0.25) is 20.0 Å². The Morgan fingerprint density at radius 3 is 2.27 bits per heavy atom. The maximum Gasteiger partial charge on any atom is 0.243 e. The van der Waals surface area contributed by atoms with Gasteiger partial charge in [-0.25, -0.2) is 26.4 Å². The molecule has 10 heteroatoms. The molecular formula is C16H16ClFN2O4S2. The van der Waals surface area contributed by atoms with Gasteiger partial charge in [-0.15, -0.1) is 0 Å². The quantitative estimate of drug-likeness (QED) is 0.779. The molecule has 0 radical (unpaired) electrons. The smallest absolute Gasteiger partial charge is 0.225 e. The van der Waals surface area contributed by atoms with Gasteiger partial charge in [0.05, 0.1) is 9.79 Å². The molecule has 1 saturated carbocycles. The van der Waals surface area contributed by atoms with Crippen molar-refractivity contribution in [3.05, 3.63) is 58.9 Å². The summed E-state index contributed by atoms with van der Waals surface area (Å²) < 4.78 is 64.4. The molecule has 1 aliphatic rings. The Labute approximate surface area is 156 Å². The van der Waals surface area contributed by atoms with E-state index in [9.17, 15) is 21.2 Å². The predicted octanol–water partition coefficient (Wildman–Crippen LogP) is 2.48. The first-order valence-electron chi connectivity index (χ1n) is 7.68. The molecule has 0 aromatic heterocycles. The lowest BCUT2D eigenvalue weighted by Gasteiger charge is -2.23. The van der Waals surface area contributed by atoms with Gasteiger partial charge in [0, 0.05) is 23.2 Å². The minimum atomic E-state index is -4.06. The van der Waals surface area contributed by atoms with Crippen LogP contribution in [0.5, 0.6) is 0 Å². The van der Waals surface area contributed by atoms with E-state index < -0.39 is 25.9 Å². The summed E-state index contributed by atoms with van der Waals surface area (Å²) in [5.41, 5.74) is 0.0762. The van der Waals surface area contributed by atoms with E-state index >= 15 is 0 Å². The van der Waals surface area contributed by atoms with Gasteiger partial charge < -0.3 is 0 Å². The van der Waals surface area contributed by atoms with Crippen LogP contribution < -0.4 is 5.14 Å². The summed E-state index contributed by atoms with van der Waals surface area (Å²) in [5, 5.41) is 5.21. The second-order valence-corrected chi connectivity index (χ2v) is 9.86. The zero-order valence-corrected chi connectivity index (χ0v) is 15.9. The fourth-order valence-corrected chi connectivity index (χ4v) is 5.12. The molecule has 3 rings (SSSR count). The number of benzene rings is 2. The summed E-state index contributed by atoms with van der Waals surface area (Å²) in [4.78, 5) is -0.526. The van der Waals surface area contributed by atoms with Crippen LogP contribution in [0.3, 0.4) is 0 Å². The molecule has 0 atom stereocenters. The number of rotatable bonds is 6. The molecular weight excluding hydrogens is 403 g/mol. The molecule has 0 spiro atoms. The molecule has 0 unspecified atom stereocenters. The van der Waals surface area contributed by atoms with Crippen molar-refractivity contribution in [2.75, 3.05) is 0 Å². The predicted molar refractivity (Wildman–Crippen MR) is 95.0 cm³/mol. The average molecular weight is 419 g/mol. The van der Waals surface area contributed by atoms with E-state index in [-0.39, 0.29) is 33.0 Å². The standard InChI is InChI=1S/C16H16ClFN2O4S2/c17-15-5-2-6-16(18)14(15)10-20(11-7-8-11)26(23,24)13-4-1-3-12(9-13)25(19,21)22/h1-6,9,11H,7-8,10H2,(H2,19,21,22). The summed E-state index contributed by atoms with van der Waals surface area (Å²) in [6.45, 7) is -0.238. The van der Waals surface area contributed by atoms with Crippen molar-refractivity contribution in [3.8, 4) is 0 Å². The van der Waals surface area contributed by atoms with Crippen molar-refractivity contribution in [2.24, 2.45) is 5.14 Å². The van der Waals surface area contributed by atoms with Gasteiger partial charge in [-0.05, 0) is 43.2 Å². The Morgan fingerprint density at radius 1 is 1.08 bits per heavy atom. The largest absolute Gasteiger partial charge is 0.243 e. The summed E-state index contributed by atoms with van der Waals surface area (Å²) in [6.07, 6.45) is 1.28. The van der Waals surface area contributed by atoms with Crippen molar-refractivity contribution < 1.29 is 21.2 Å². The van der Waals surface area contributed by atoms with Crippen LogP contribution in [0.1, 0.15) is 18.4 Å². The third-order valence-corrected chi connectivity index (χ3v) is 7.23. The zero-order chi connectivity index (χ0) is 19.1. The zero-order valence-electron chi connectivity index (χ0n) is 13.5. The number of hydrogen-bond acceptors (Lipinski definition) is 4. The molecule has 6 nitrogen and oxygen atoms in total. The first-order valence-corrected chi connectivity index (χ1v) is 11.0. The first kappa shape index (κ1) is 19.2. The Kier molecular flexibility index (Phi) is 5.11. The topological polar surface area (TPSA) is 97.5 Å². The molecule has 2 aromatic carbocycles. The summed E-state index contributed by atoms with van der Waals surface area (Å²) in [6, 6.07) is 8.64. The van der Waals surface area contributed by atoms with Crippen LogP contribution in [0.15, 0.2) is 52.3 Å². The number of primary sulfonamides is 1. The second-order valence-electron chi connectivity index (χ2n) is 6.00. The molecule has 140 valence electrons. The van der Waals surface area contributed by atoms with E-state index in [1.165, 1.54) is 36.4 Å². The van der Waals surface area contributed by atoms with Crippen LogP contribution in [0.2, 0.25) is 5.02 Å². The van der Waals surface area contributed by atoms with Gasteiger partial charge in [0.1, 0.15) is 5.82 Å². The van der Waals surface area contributed by atoms with Crippen LogP contribution in [-0.2, 0) is 26.6 Å². The van der Waals surface area contributed by atoms with Gasteiger partial charge >= 0.3 is 0 Å². The minimum absolute atomic E-state index is 0.0762. The Hall–Kier alpha value is -1.52. The van der Waals surface area contributed by atoms with E-state index in [0.29, 0.717) is 12.8 Å². The highest BCUT2D eigenvalue weighted by atomic mass is 35.5. The Morgan fingerprint density at radius 2 is 1.69 bits per heavy atom. The van der Waals surface area contributed by atoms with Crippen molar-refractivity contribution in [1.82, 2.24) is 4.31 Å². The fourth-order valence-electron chi connectivity index (χ4n) is 2.56. The maximum absolute atomic E-state index is 14.1. The van der Waals surface area contributed by atoms with Crippen molar-refractivity contribution in [1.29, 1.82) is 0 Å². The van der Waals surface area contributed by atoms with Gasteiger partial charge in [0.15, 0.2) is 0 Å². The Bertz CT molecular complexity index is 1030. The van der Waals surface area contributed by atoms with Gasteiger partial charge in [-0.1, -0.05) is 23.7 Å². The Balaban J connectivity index is 2.03. The third-order valence-electron chi connectivity index (χ3n) is 4.07. The molecule has 0 saturated heterocycles. The van der Waals surface area contributed by atoms with Crippen molar-refractivity contribution in [2.45, 2.75) is 35.2 Å². The van der Waals surface area contributed by atoms with Gasteiger partial charge in [0.25, 0.3) is 0 Å². The van der Waals surface area contributed by atoms with E-state index in [4.69, 9.17) is 16.7 Å².